The molecule has 20 heavy (non-hydrogen) atoms. The smallest absolute Gasteiger partial charge is 0.252 e. The lowest BCUT2D eigenvalue weighted by molar-refractivity contribution is -0.0615. The third kappa shape index (κ3) is 4.07. The monoisotopic (exact) mass is 293 g/mol. The molecule has 1 fully saturated rings. The largest absolute Gasteiger partial charge is 0.384 e. The van der Waals surface area contributed by atoms with Gasteiger partial charge in [0.15, 0.2) is 0 Å². The van der Waals surface area contributed by atoms with Gasteiger partial charge in [-0.15, -0.1) is 11.3 Å². The zero-order valence-electron chi connectivity index (χ0n) is 11.7. The van der Waals surface area contributed by atoms with Crippen LogP contribution in [0.2, 0.25) is 0 Å². The fraction of sp³-hybridized carbons (Fsp3) is 0.533. The Morgan fingerprint density at radius 1 is 1.65 bits per heavy atom. The van der Waals surface area contributed by atoms with E-state index in [-0.39, 0.29) is 24.2 Å². The Bertz CT molecular complexity index is 539. The quantitative estimate of drug-likeness (QED) is 0.817. The molecule has 0 aliphatic carbocycles. The van der Waals surface area contributed by atoms with E-state index in [2.05, 4.69) is 17.2 Å². The number of nitrogens with one attached hydrogen (secondary N) is 1. The van der Waals surface area contributed by atoms with Gasteiger partial charge in [0, 0.05) is 18.0 Å². The van der Waals surface area contributed by atoms with Crippen LogP contribution < -0.4 is 5.32 Å². The van der Waals surface area contributed by atoms with Crippen LogP contribution in [0.4, 0.5) is 0 Å². The van der Waals surface area contributed by atoms with Crippen molar-refractivity contribution in [1.29, 1.82) is 0 Å². The van der Waals surface area contributed by atoms with Crippen molar-refractivity contribution in [3.05, 3.63) is 21.9 Å². The summed E-state index contributed by atoms with van der Waals surface area (Å²) in [6, 6.07) is 1.91. The fourth-order valence-electron chi connectivity index (χ4n) is 2.27. The summed E-state index contributed by atoms with van der Waals surface area (Å²) in [6.07, 6.45) is 1.66. The number of rotatable bonds is 2. The van der Waals surface area contributed by atoms with E-state index in [1.807, 2.05) is 13.8 Å². The maximum atomic E-state index is 12.2. The summed E-state index contributed by atoms with van der Waals surface area (Å²) in [7, 11) is 0. The highest BCUT2D eigenvalue weighted by atomic mass is 32.1. The van der Waals surface area contributed by atoms with Crippen molar-refractivity contribution >= 4 is 17.2 Å². The van der Waals surface area contributed by atoms with Gasteiger partial charge in [-0.1, -0.05) is 11.8 Å². The molecular formula is C15H19NO3S. The van der Waals surface area contributed by atoms with Crippen LogP contribution >= 0.6 is 11.3 Å². The number of amides is 1. The highest BCUT2D eigenvalue weighted by Gasteiger charge is 2.29. The van der Waals surface area contributed by atoms with Gasteiger partial charge in [-0.2, -0.15) is 0 Å². The molecule has 5 heteroatoms. The van der Waals surface area contributed by atoms with Gasteiger partial charge in [0.05, 0.1) is 16.0 Å². The molecule has 2 rings (SSSR count). The molecule has 1 saturated heterocycles. The Hall–Kier alpha value is -1.35. The SMILES string of the molecule is CC1(C)CC(NC(=O)c2csc(C#CCO)c2)CCO1. The van der Waals surface area contributed by atoms with Gasteiger partial charge < -0.3 is 15.2 Å². The Labute approximate surface area is 123 Å². The number of hydrogen-bond donors (Lipinski definition) is 2. The summed E-state index contributed by atoms with van der Waals surface area (Å²) in [6.45, 7) is 4.59. The minimum Gasteiger partial charge on any atom is -0.384 e. The molecule has 1 aliphatic heterocycles. The van der Waals surface area contributed by atoms with Gasteiger partial charge in [0.2, 0.25) is 0 Å². The molecule has 2 heterocycles. The summed E-state index contributed by atoms with van der Waals surface area (Å²) in [5.74, 6) is 5.31. The number of aliphatic hydroxyl groups excluding tert-OH is 1. The normalized spacial score (nSPS) is 20.9. The van der Waals surface area contributed by atoms with E-state index in [0.29, 0.717) is 12.2 Å². The van der Waals surface area contributed by atoms with Crippen LogP contribution in [0.15, 0.2) is 11.4 Å². The van der Waals surface area contributed by atoms with Crippen LogP contribution in [0.3, 0.4) is 0 Å². The number of aliphatic hydroxyl groups is 1. The molecule has 4 nitrogen and oxygen atoms in total. The van der Waals surface area contributed by atoms with Crippen molar-refractivity contribution in [1.82, 2.24) is 5.32 Å². The number of thiophene rings is 1. The average molecular weight is 293 g/mol. The van der Waals surface area contributed by atoms with Gasteiger partial charge in [-0.25, -0.2) is 0 Å². The highest BCUT2D eigenvalue weighted by Crippen LogP contribution is 2.24. The van der Waals surface area contributed by atoms with Gasteiger partial charge in [0.25, 0.3) is 5.91 Å². The molecule has 0 bridgehead atoms. The van der Waals surface area contributed by atoms with E-state index >= 15 is 0 Å². The minimum atomic E-state index is -0.178. The second kappa shape index (κ2) is 6.40. The molecule has 108 valence electrons. The first-order chi connectivity index (χ1) is 9.50. The summed E-state index contributed by atoms with van der Waals surface area (Å²) < 4.78 is 5.64. The van der Waals surface area contributed by atoms with Crippen molar-refractivity contribution in [3.8, 4) is 11.8 Å². The molecule has 2 N–H and O–H groups in total. The molecule has 0 spiro atoms. The first-order valence-electron chi connectivity index (χ1n) is 6.63. The first kappa shape index (κ1) is 15.0. The molecule has 1 aliphatic rings. The maximum Gasteiger partial charge on any atom is 0.252 e. The van der Waals surface area contributed by atoms with Gasteiger partial charge in [0.1, 0.15) is 6.61 Å². The molecule has 1 aromatic rings. The zero-order chi connectivity index (χ0) is 14.6. The maximum absolute atomic E-state index is 12.2. The average Bonchev–Trinajstić information content (AvgIpc) is 2.84. The number of carbonyl (C=O) groups excluding carboxylic acids is 1. The summed E-state index contributed by atoms with van der Waals surface area (Å²) in [5.41, 5.74) is 0.448. The Balaban J connectivity index is 1.96. The summed E-state index contributed by atoms with van der Waals surface area (Å²) in [5, 5.41) is 13.5. The van der Waals surface area contributed by atoms with Gasteiger partial charge in [-0.3, -0.25) is 4.79 Å². The van der Waals surface area contributed by atoms with E-state index in [1.54, 1.807) is 11.4 Å². The molecule has 1 aromatic heterocycles. The molecule has 0 saturated carbocycles. The summed E-state index contributed by atoms with van der Waals surface area (Å²) in [4.78, 5) is 13.0. The van der Waals surface area contributed by atoms with Crippen molar-refractivity contribution in [3.63, 3.8) is 0 Å². The van der Waals surface area contributed by atoms with Gasteiger partial charge in [-0.05, 0) is 32.8 Å². The highest BCUT2D eigenvalue weighted by molar-refractivity contribution is 7.10. The Morgan fingerprint density at radius 3 is 3.15 bits per heavy atom. The molecule has 1 atom stereocenters. The molecular weight excluding hydrogens is 274 g/mol. The number of hydrogen-bond acceptors (Lipinski definition) is 4. The van der Waals surface area contributed by atoms with Crippen molar-refractivity contribution in [2.45, 2.75) is 38.3 Å². The topological polar surface area (TPSA) is 58.6 Å². The second-order valence-electron chi connectivity index (χ2n) is 5.43. The number of carbonyl (C=O) groups is 1. The Morgan fingerprint density at radius 2 is 2.45 bits per heavy atom. The van der Waals surface area contributed by atoms with Gasteiger partial charge >= 0.3 is 0 Å². The number of ether oxygens (including phenoxy) is 1. The standard InChI is InChI=1S/C15H19NO3S/c1-15(2)9-12(5-7-19-15)16-14(18)11-8-13(20-10-11)4-3-6-17/h8,10,12,17H,5-7,9H2,1-2H3,(H,16,18). The molecule has 1 amide bonds. The predicted molar refractivity (Wildman–Crippen MR) is 78.8 cm³/mol. The molecule has 0 aromatic carbocycles. The van der Waals surface area contributed by atoms with Crippen LogP contribution in [0.5, 0.6) is 0 Å². The Kier molecular flexibility index (Phi) is 4.81. The lowest BCUT2D eigenvalue weighted by Crippen LogP contribution is -2.45. The second-order valence-corrected chi connectivity index (χ2v) is 6.34. The van der Waals surface area contributed by atoms with Crippen molar-refractivity contribution in [2.24, 2.45) is 0 Å². The first-order valence-corrected chi connectivity index (χ1v) is 7.51. The van der Waals surface area contributed by atoms with E-state index in [1.165, 1.54) is 11.3 Å². The lowest BCUT2D eigenvalue weighted by atomic mass is 9.94. The van der Waals surface area contributed by atoms with Crippen molar-refractivity contribution in [2.75, 3.05) is 13.2 Å². The van der Waals surface area contributed by atoms with E-state index in [0.717, 1.165) is 17.7 Å². The predicted octanol–water partition coefficient (Wildman–Crippen LogP) is 1.78. The van der Waals surface area contributed by atoms with E-state index in [9.17, 15) is 4.79 Å². The van der Waals surface area contributed by atoms with Crippen molar-refractivity contribution < 1.29 is 14.6 Å². The third-order valence-corrected chi connectivity index (χ3v) is 4.03. The van der Waals surface area contributed by atoms with Crippen LogP contribution in [0.25, 0.3) is 0 Å². The molecule has 0 radical (unpaired) electrons. The van der Waals surface area contributed by atoms with Crippen LogP contribution in [0.1, 0.15) is 41.9 Å². The van der Waals surface area contributed by atoms with Crippen LogP contribution in [0, 0.1) is 11.8 Å². The zero-order valence-corrected chi connectivity index (χ0v) is 12.5. The third-order valence-electron chi connectivity index (χ3n) is 3.18. The van der Waals surface area contributed by atoms with E-state index in [4.69, 9.17) is 9.84 Å². The summed E-state index contributed by atoms with van der Waals surface area (Å²) >= 11 is 1.41. The minimum absolute atomic E-state index is 0.0685. The van der Waals surface area contributed by atoms with E-state index < -0.39 is 0 Å². The lowest BCUT2D eigenvalue weighted by Gasteiger charge is -2.35. The van der Waals surface area contributed by atoms with Crippen LogP contribution in [-0.2, 0) is 4.74 Å². The fourth-order valence-corrected chi connectivity index (χ4v) is 3.03. The van der Waals surface area contributed by atoms with Crippen LogP contribution in [-0.4, -0.2) is 35.9 Å². The molecule has 1 unspecified atom stereocenters.